The summed E-state index contributed by atoms with van der Waals surface area (Å²) in [5, 5.41) is 13.4. The fourth-order valence-corrected chi connectivity index (χ4v) is 7.41. The quantitative estimate of drug-likeness (QED) is 0.0633. The van der Waals surface area contributed by atoms with Crippen molar-refractivity contribution < 1.29 is 30.0 Å². The van der Waals surface area contributed by atoms with Crippen molar-refractivity contribution in [3.8, 4) is 22.5 Å². The van der Waals surface area contributed by atoms with Crippen molar-refractivity contribution in [3.63, 3.8) is 0 Å². The number of hydrogen-bond donors (Lipinski definition) is 1. The number of aromatic nitrogens is 2. The average Bonchev–Trinajstić information content (AvgIpc) is 3.19. The predicted molar refractivity (Wildman–Crippen MR) is 231 cm³/mol. The number of allylic oxidation sites excluding steroid dienone is 2. The molecule has 0 saturated heterocycles. The molecular weight excluding hydrogens is 865 g/mol. The van der Waals surface area contributed by atoms with Gasteiger partial charge in [-0.3, -0.25) is 9.78 Å². The third-order valence-electron chi connectivity index (χ3n) is 10.6. The molecule has 0 aliphatic heterocycles. The Morgan fingerprint density at radius 1 is 0.786 bits per heavy atom. The van der Waals surface area contributed by atoms with Crippen LogP contribution in [0.3, 0.4) is 0 Å². The van der Waals surface area contributed by atoms with Gasteiger partial charge >= 0.3 is 0 Å². The number of pyridine rings is 2. The number of ketones is 1. The summed E-state index contributed by atoms with van der Waals surface area (Å²) in [5.74, 6) is 1.13. The van der Waals surface area contributed by atoms with E-state index in [4.69, 9.17) is 4.98 Å². The number of benzene rings is 4. The van der Waals surface area contributed by atoms with E-state index in [0.29, 0.717) is 5.92 Å². The number of carbonyl (C=O) groups is 1. The van der Waals surface area contributed by atoms with E-state index in [1.165, 1.54) is 38.9 Å². The summed E-state index contributed by atoms with van der Waals surface area (Å²) in [6.07, 6.45) is 11.1. The molecule has 0 unspecified atom stereocenters. The van der Waals surface area contributed by atoms with Gasteiger partial charge in [-0.1, -0.05) is 108 Å². The molecule has 56 heavy (non-hydrogen) atoms. The molecular formula is C51H58IrN2O2-2. The van der Waals surface area contributed by atoms with Crippen LogP contribution in [0.4, 0.5) is 0 Å². The van der Waals surface area contributed by atoms with Crippen LogP contribution in [-0.2, 0) is 44.2 Å². The molecule has 5 heteroatoms. The second-order valence-electron chi connectivity index (χ2n) is 15.2. The van der Waals surface area contributed by atoms with Gasteiger partial charge in [0.1, 0.15) is 0 Å². The van der Waals surface area contributed by atoms with Crippen LogP contribution in [0.2, 0.25) is 0 Å². The number of carbonyl (C=O) groups excluding carboxylic acids is 1. The monoisotopic (exact) mass is 923 g/mol. The summed E-state index contributed by atoms with van der Waals surface area (Å²) in [5.41, 5.74) is 10.3. The fraction of sp³-hybridized carbons (Fsp3) is 0.353. The van der Waals surface area contributed by atoms with Crippen molar-refractivity contribution in [3.05, 3.63) is 143 Å². The van der Waals surface area contributed by atoms with Crippen LogP contribution in [0, 0.1) is 36.8 Å². The number of rotatable bonds is 15. The van der Waals surface area contributed by atoms with Crippen molar-refractivity contribution in [2.24, 2.45) is 17.8 Å². The second kappa shape index (κ2) is 21.8. The summed E-state index contributed by atoms with van der Waals surface area (Å²) in [7, 11) is 0. The molecule has 0 aliphatic carbocycles. The van der Waals surface area contributed by atoms with Gasteiger partial charge in [0.25, 0.3) is 0 Å². The number of nitrogens with zero attached hydrogens (tertiary/aromatic N) is 2. The van der Waals surface area contributed by atoms with Gasteiger partial charge in [-0.05, 0) is 91.4 Å². The van der Waals surface area contributed by atoms with Crippen LogP contribution >= 0.6 is 0 Å². The molecule has 1 radical (unpaired) electrons. The van der Waals surface area contributed by atoms with Crippen molar-refractivity contribution >= 4 is 27.5 Å². The molecule has 0 atom stereocenters. The molecule has 295 valence electrons. The topological polar surface area (TPSA) is 63.1 Å². The first kappa shape index (κ1) is 44.3. The van der Waals surface area contributed by atoms with Gasteiger partial charge in [-0.25, -0.2) is 0 Å². The van der Waals surface area contributed by atoms with E-state index in [9.17, 15) is 9.90 Å². The number of fused-ring (bicyclic) bond motifs is 2. The van der Waals surface area contributed by atoms with Gasteiger partial charge < -0.3 is 10.1 Å². The zero-order valence-corrected chi connectivity index (χ0v) is 36.7. The summed E-state index contributed by atoms with van der Waals surface area (Å²) in [6, 6.07) is 39.0. The maximum Gasteiger partial charge on any atom is 0.162 e. The first-order valence-electron chi connectivity index (χ1n) is 20.3. The van der Waals surface area contributed by atoms with Gasteiger partial charge in [0.2, 0.25) is 0 Å². The van der Waals surface area contributed by atoms with E-state index < -0.39 is 0 Å². The minimum absolute atomic E-state index is 0. The summed E-state index contributed by atoms with van der Waals surface area (Å²) >= 11 is 0. The zero-order chi connectivity index (χ0) is 39.3. The molecule has 0 fully saturated rings. The first-order chi connectivity index (χ1) is 26.6. The van der Waals surface area contributed by atoms with Gasteiger partial charge in [0.15, 0.2) is 5.78 Å². The molecule has 6 aromatic rings. The van der Waals surface area contributed by atoms with E-state index in [-0.39, 0.29) is 43.5 Å². The first-order valence-corrected chi connectivity index (χ1v) is 20.3. The fourth-order valence-electron chi connectivity index (χ4n) is 7.41. The van der Waals surface area contributed by atoms with Crippen LogP contribution in [-0.4, -0.2) is 20.9 Å². The van der Waals surface area contributed by atoms with Crippen LogP contribution in [0.25, 0.3) is 44.2 Å². The van der Waals surface area contributed by atoms with Crippen molar-refractivity contribution in [1.29, 1.82) is 0 Å². The average molecular weight is 923 g/mol. The number of aryl methyl sites for hydroxylation is 3. The van der Waals surface area contributed by atoms with E-state index in [1.807, 2.05) is 52.1 Å². The molecule has 2 aromatic heterocycles. The van der Waals surface area contributed by atoms with Crippen LogP contribution in [0.1, 0.15) is 95.9 Å². The van der Waals surface area contributed by atoms with Gasteiger partial charge in [0, 0.05) is 49.6 Å². The molecule has 0 spiro atoms. The molecule has 0 amide bonds. The van der Waals surface area contributed by atoms with Crippen LogP contribution < -0.4 is 0 Å². The van der Waals surface area contributed by atoms with Crippen molar-refractivity contribution in [2.45, 2.75) is 99.8 Å². The molecule has 0 bridgehead atoms. The van der Waals surface area contributed by atoms with Crippen LogP contribution in [0.15, 0.2) is 109 Å². The second-order valence-corrected chi connectivity index (χ2v) is 15.2. The Morgan fingerprint density at radius 2 is 1.48 bits per heavy atom. The van der Waals surface area contributed by atoms with Crippen molar-refractivity contribution in [2.75, 3.05) is 0 Å². The molecule has 6 rings (SSSR count). The predicted octanol–water partition coefficient (Wildman–Crippen LogP) is 13.3. The molecule has 0 aliphatic rings. The Hall–Kier alpha value is -4.44. The Kier molecular flexibility index (Phi) is 17.2. The third-order valence-corrected chi connectivity index (χ3v) is 10.6. The maximum atomic E-state index is 11.7. The van der Waals surface area contributed by atoms with Gasteiger partial charge in [-0.15, -0.1) is 64.5 Å². The molecule has 4 nitrogen and oxygen atoms in total. The maximum absolute atomic E-state index is 11.7. The van der Waals surface area contributed by atoms with E-state index in [2.05, 4.69) is 111 Å². The Bertz CT molecular complexity index is 2180. The summed E-state index contributed by atoms with van der Waals surface area (Å²) in [6.45, 7) is 14.8. The molecule has 0 saturated carbocycles. The Morgan fingerprint density at radius 3 is 2.14 bits per heavy atom. The minimum atomic E-state index is 0. The summed E-state index contributed by atoms with van der Waals surface area (Å²) in [4.78, 5) is 21.6. The Balaban J connectivity index is 0.000000372. The summed E-state index contributed by atoms with van der Waals surface area (Å²) < 4.78 is 0. The SMILES string of the molecule is CCC(CC)C(=O)/C=C(\O)C(CC)CC.Cc1[c-]c(-c2ccc3c(CC(C)C)cc(CCCc4ccc(-c5[c-]cccc5)nc4)cc3n2)c2ccccc2c1.[Ir]. The number of hydrogen-bond acceptors (Lipinski definition) is 4. The minimum Gasteiger partial charge on any atom is -0.512 e. The number of aliphatic hydroxyl groups is 1. The number of aliphatic hydroxyl groups excluding tert-OH is 1. The van der Waals surface area contributed by atoms with Crippen LogP contribution in [0.5, 0.6) is 0 Å². The third kappa shape index (κ3) is 11.8. The van der Waals surface area contributed by atoms with E-state index in [0.717, 1.165) is 85.0 Å². The normalized spacial score (nSPS) is 11.6. The zero-order valence-electron chi connectivity index (χ0n) is 34.3. The van der Waals surface area contributed by atoms with Gasteiger partial charge in [0.05, 0.1) is 11.3 Å². The van der Waals surface area contributed by atoms with E-state index >= 15 is 0 Å². The largest absolute Gasteiger partial charge is 0.512 e. The van der Waals surface area contributed by atoms with Crippen molar-refractivity contribution in [1.82, 2.24) is 9.97 Å². The molecule has 4 aromatic carbocycles. The molecule has 1 N–H and O–H groups in total. The Labute approximate surface area is 349 Å². The molecule has 2 heterocycles. The standard InChI is InChI=1S/C38H34N2.C13H24O2.Ir/c1-26(2)20-32-23-29(11-9-10-28-16-18-36(39-25-28)30-12-5-4-6-13-30)24-38-34(32)17-19-37(40-38)35-22-27(3)21-31-14-7-8-15-33(31)35;1-5-10(6-2)12(14)9-13(15)11(7-3)8-4;/h4-8,12,14-19,21,23-26H,9-11,20H2,1-3H3;9-11,14H,5-8H2,1-4H3;/q-2;;/b;12-9-;. The van der Waals surface area contributed by atoms with Gasteiger partial charge in [-0.2, -0.15) is 0 Å². The smallest absolute Gasteiger partial charge is 0.162 e. The van der Waals surface area contributed by atoms with E-state index in [1.54, 1.807) is 0 Å².